The second kappa shape index (κ2) is 6.95. The number of nitrogens with one attached hydrogen (secondary N) is 1. The van der Waals surface area contributed by atoms with E-state index in [2.05, 4.69) is 5.32 Å². The van der Waals surface area contributed by atoms with Crippen molar-refractivity contribution in [2.45, 2.75) is 39.3 Å². The predicted octanol–water partition coefficient (Wildman–Crippen LogP) is 1.85. The third-order valence-electron chi connectivity index (χ3n) is 4.38. The van der Waals surface area contributed by atoms with Gasteiger partial charge in [-0.2, -0.15) is 0 Å². The summed E-state index contributed by atoms with van der Waals surface area (Å²) in [5.74, 6) is 0.588. The summed E-state index contributed by atoms with van der Waals surface area (Å²) in [7, 11) is 1.66. The van der Waals surface area contributed by atoms with Gasteiger partial charge in [-0.3, -0.25) is 13.9 Å². The standard InChI is InChI=1S/C18H23N3O3/c1-3-24-14-8-6-7-13(11-14)12-19-17(22)16-15-9-4-5-10-21(15)18(23)20(16)2/h6-8,11H,3-5,9-10,12H2,1-2H3,(H,19,22). The van der Waals surface area contributed by atoms with Crippen molar-refractivity contribution in [1.29, 1.82) is 0 Å². The van der Waals surface area contributed by atoms with Gasteiger partial charge in [0.25, 0.3) is 5.91 Å². The van der Waals surface area contributed by atoms with Crippen LogP contribution in [-0.4, -0.2) is 21.6 Å². The molecule has 0 saturated heterocycles. The number of amides is 1. The van der Waals surface area contributed by atoms with E-state index in [9.17, 15) is 9.59 Å². The highest BCUT2D eigenvalue weighted by Crippen LogP contribution is 2.17. The zero-order valence-electron chi connectivity index (χ0n) is 14.2. The van der Waals surface area contributed by atoms with E-state index in [0.29, 0.717) is 25.4 Å². The Hall–Kier alpha value is -2.50. The lowest BCUT2D eigenvalue weighted by Crippen LogP contribution is -2.28. The molecule has 1 aromatic heterocycles. The van der Waals surface area contributed by atoms with Crippen molar-refractivity contribution in [3.63, 3.8) is 0 Å². The third-order valence-corrected chi connectivity index (χ3v) is 4.38. The average Bonchev–Trinajstić information content (AvgIpc) is 2.85. The first-order valence-corrected chi connectivity index (χ1v) is 8.40. The molecule has 0 radical (unpaired) electrons. The molecule has 6 nitrogen and oxygen atoms in total. The van der Waals surface area contributed by atoms with Crippen LogP contribution in [0.2, 0.25) is 0 Å². The van der Waals surface area contributed by atoms with Crippen LogP contribution < -0.4 is 15.7 Å². The fourth-order valence-corrected chi connectivity index (χ4v) is 3.22. The van der Waals surface area contributed by atoms with E-state index in [-0.39, 0.29) is 11.6 Å². The van der Waals surface area contributed by atoms with Gasteiger partial charge < -0.3 is 10.1 Å². The van der Waals surface area contributed by atoms with Crippen molar-refractivity contribution < 1.29 is 9.53 Å². The smallest absolute Gasteiger partial charge is 0.328 e. The van der Waals surface area contributed by atoms with E-state index < -0.39 is 0 Å². The molecule has 6 heteroatoms. The lowest BCUT2D eigenvalue weighted by molar-refractivity contribution is 0.0941. The fraction of sp³-hybridized carbons (Fsp3) is 0.444. The molecular formula is C18H23N3O3. The molecule has 1 aromatic carbocycles. The molecule has 24 heavy (non-hydrogen) atoms. The summed E-state index contributed by atoms with van der Waals surface area (Å²) in [6, 6.07) is 7.65. The van der Waals surface area contributed by atoms with Crippen LogP contribution in [0.1, 0.15) is 41.5 Å². The molecule has 1 N–H and O–H groups in total. The average molecular weight is 329 g/mol. The summed E-state index contributed by atoms with van der Waals surface area (Å²) in [5.41, 5.74) is 2.20. The highest BCUT2D eigenvalue weighted by Gasteiger charge is 2.24. The summed E-state index contributed by atoms with van der Waals surface area (Å²) in [6.45, 7) is 3.64. The van der Waals surface area contributed by atoms with Gasteiger partial charge in [0.05, 0.1) is 12.3 Å². The number of benzene rings is 1. The minimum Gasteiger partial charge on any atom is -0.494 e. The highest BCUT2D eigenvalue weighted by molar-refractivity contribution is 5.93. The molecule has 3 rings (SSSR count). The maximum Gasteiger partial charge on any atom is 0.328 e. The number of hydrogen-bond donors (Lipinski definition) is 1. The van der Waals surface area contributed by atoms with Gasteiger partial charge in [-0.15, -0.1) is 0 Å². The number of carbonyl (C=O) groups is 1. The molecule has 1 aliphatic heterocycles. The molecule has 128 valence electrons. The number of ether oxygens (including phenoxy) is 1. The first-order valence-electron chi connectivity index (χ1n) is 8.40. The van der Waals surface area contributed by atoms with E-state index in [0.717, 1.165) is 36.3 Å². The number of rotatable bonds is 5. The van der Waals surface area contributed by atoms with E-state index in [1.54, 1.807) is 11.6 Å². The van der Waals surface area contributed by atoms with Crippen molar-refractivity contribution >= 4 is 5.91 Å². The highest BCUT2D eigenvalue weighted by atomic mass is 16.5. The number of fused-ring (bicyclic) bond motifs is 1. The third kappa shape index (κ3) is 3.09. The predicted molar refractivity (Wildman–Crippen MR) is 91.4 cm³/mol. The molecule has 2 heterocycles. The molecule has 0 fully saturated rings. The van der Waals surface area contributed by atoms with E-state index in [1.165, 1.54) is 4.57 Å². The summed E-state index contributed by atoms with van der Waals surface area (Å²) in [5, 5.41) is 2.92. The van der Waals surface area contributed by atoms with E-state index in [1.807, 2.05) is 31.2 Å². The topological polar surface area (TPSA) is 65.3 Å². The molecule has 0 spiro atoms. The Morgan fingerprint density at radius 3 is 2.96 bits per heavy atom. The van der Waals surface area contributed by atoms with Crippen molar-refractivity contribution in [3.8, 4) is 5.75 Å². The quantitative estimate of drug-likeness (QED) is 0.910. The van der Waals surface area contributed by atoms with E-state index >= 15 is 0 Å². The molecule has 0 bridgehead atoms. The molecule has 0 aliphatic carbocycles. The minimum absolute atomic E-state index is 0.104. The first kappa shape index (κ1) is 16.4. The second-order valence-corrected chi connectivity index (χ2v) is 6.01. The maximum atomic E-state index is 12.6. The van der Waals surface area contributed by atoms with Crippen LogP contribution in [0.15, 0.2) is 29.1 Å². The largest absolute Gasteiger partial charge is 0.494 e. The van der Waals surface area contributed by atoms with Crippen LogP contribution in [0.4, 0.5) is 0 Å². The van der Waals surface area contributed by atoms with Gasteiger partial charge in [-0.05, 0) is 43.9 Å². The number of imidazole rings is 1. The Labute approximate surface area is 141 Å². The summed E-state index contributed by atoms with van der Waals surface area (Å²) >= 11 is 0. The second-order valence-electron chi connectivity index (χ2n) is 6.01. The zero-order valence-corrected chi connectivity index (χ0v) is 14.2. The van der Waals surface area contributed by atoms with Gasteiger partial charge in [-0.1, -0.05) is 12.1 Å². The van der Waals surface area contributed by atoms with Crippen molar-refractivity contribution in [1.82, 2.24) is 14.5 Å². The number of carbonyl (C=O) groups excluding carboxylic acids is 1. The first-order chi connectivity index (χ1) is 11.6. The molecular weight excluding hydrogens is 306 g/mol. The zero-order chi connectivity index (χ0) is 17.1. The molecule has 2 aromatic rings. The molecule has 0 saturated carbocycles. The van der Waals surface area contributed by atoms with Gasteiger partial charge in [-0.25, -0.2) is 4.79 Å². The SMILES string of the molecule is CCOc1cccc(CNC(=O)c2c3n(c(=O)n2C)CCCC3)c1. The van der Waals surface area contributed by atoms with Crippen molar-refractivity contribution in [2.24, 2.45) is 7.05 Å². The van der Waals surface area contributed by atoms with Crippen molar-refractivity contribution in [2.75, 3.05) is 6.61 Å². The molecule has 0 unspecified atom stereocenters. The molecule has 1 aliphatic rings. The van der Waals surface area contributed by atoms with Crippen LogP contribution >= 0.6 is 0 Å². The Balaban J connectivity index is 1.76. The van der Waals surface area contributed by atoms with Crippen LogP contribution in [0, 0.1) is 0 Å². The summed E-state index contributed by atoms with van der Waals surface area (Å²) in [4.78, 5) is 24.9. The van der Waals surface area contributed by atoms with Gasteiger partial charge in [0.1, 0.15) is 11.4 Å². The Morgan fingerprint density at radius 2 is 2.17 bits per heavy atom. The summed E-state index contributed by atoms with van der Waals surface area (Å²) in [6.07, 6.45) is 2.78. The Kier molecular flexibility index (Phi) is 4.74. The van der Waals surface area contributed by atoms with Crippen molar-refractivity contribution in [3.05, 3.63) is 51.7 Å². The molecule has 0 atom stereocenters. The summed E-state index contributed by atoms with van der Waals surface area (Å²) < 4.78 is 8.67. The minimum atomic E-state index is -0.202. The van der Waals surface area contributed by atoms with Crippen LogP contribution in [0.3, 0.4) is 0 Å². The number of aromatic nitrogens is 2. The number of hydrogen-bond acceptors (Lipinski definition) is 3. The Bertz CT molecular complexity index is 804. The van der Waals surface area contributed by atoms with E-state index in [4.69, 9.17) is 4.74 Å². The maximum absolute atomic E-state index is 12.6. The van der Waals surface area contributed by atoms with Gasteiger partial charge in [0.2, 0.25) is 0 Å². The van der Waals surface area contributed by atoms with Gasteiger partial charge in [0, 0.05) is 20.1 Å². The van der Waals surface area contributed by atoms with Gasteiger partial charge >= 0.3 is 5.69 Å². The van der Waals surface area contributed by atoms with Crippen LogP contribution in [0.25, 0.3) is 0 Å². The normalized spacial score (nSPS) is 13.4. The van der Waals surface area contributed by atoms with Gasteiger partial charge in [0.15, 0.2) is 0 Å². The molecule has 1 amide bonds. The van der Waals surface area contributed by atoms with Crippen LogP contribution in [0.5, 0.6) is 5.75 Å². The fourth-order valence-electron chi connectivity index (χ4n) is 3.22. The monoisotopic (exact) mass is 329 g/mol. The lowest BCUT2D eigenvalue weighted by atomic mass is 10.1. The number of nitrogens with zero attached hydrogens (tertiary/aromatic N) is 2. The van der Waals surface area contributed by atoms with Crippen LogP contribution in [-0.2, 0) is 26.6 Å². The lowest BCUT2D eigenvalue weighted by Gasteiger charge is -2.14. The Morgan fingerprint density at radius 1 is 1.33 bits per heavy atom.